The molecule has 1 heterocycles. The van der Waals surface area contributed by atoms with Crippen molar-refractivity contribution < 1.29 is 9.53 Å². The third-order valence-electron chi connectivity index (χ3n) is 3.66. The molecule has 0 aliphatic carbocycles. The zero-order valence-electron chi connectivity index (χ0n) is 13.4. The lowest BCUT2D eigenvalue weighted by atomic mass is 10.2. The van der Waals surface area contributed by atoms with Crippen LogP contribution in [0.2, 0.25) is 0 Å². The van der Waals surface area contributed by atoms with Crippen LogP contribution in [0.15, 0.2) is 58.3 Å². The first-order chi connectivity index (χ1) is 12.0. The van der Waals surface area contributed by atoms with E-state index in [1.807, 2.05) is 6.07 Å². The van der Waals surface area contributed by atoms with Gasteiger partial charge in [-0.1, -0.05) is 17.4 Å². The van der Waals surface area contributed by atoms with E-state index in [0.29, 0.717) is 28.0 Å². The number of hydrogen-bond acceptors (Lipinski definition) is 4. The van der Waals surface area contributed by atoms with Gasteiger partial charge >= 0.3 is 4.87 Å². The first-order valence-corrected chi connectivity index (χ1v) is 9.03. The fourth-order valence-corrected chi connectivity index (χ4v) is 3.82. The number of rotatable bonds is 5. The molecule has 0 bridgehead atoms. The predicted molar refractivity (Wildman–Crippen MR) is 105 cm³/mol. The van der Waals surface area contributed by atoms with Crippen LogP contribution < -0.4 is 14.9 Å². The average Bonchev–Trinajstić information content (AvgIpc) is 2.90. The Kier molecular flexibility index (Phi) is 5.06. The highest BCUT2D eigenvalue weighted by atomic mass is 79.9. The quantitative estimate of drug-likeness (QED) is 0.629. The van der Waals surface area contributed by atoms with E-state index in [9.17, 15) is 9.59 Å². The minimum Gasteiger partial charge on any atom is -0.497 e. The van der Waals surface area contributed by atoms with Crippen molar-refractivity contribution >= 4 is 49.1 Å². The van der Waals surface area contributed by atoms with Crippen LogP contribution in [0.5, 0.6) is 5.75 Å². The molecule has 0 fully saturated rings. The summed E-state index contributed by atoms with van der Waals surface area (Å²) in [7, 11) is 1.55. The number of fused-ring (bicyclic) bond motifs is 1. The van der Waals surface area contributed by atoms with Crippen LogP contribution in [0.25, 0.3) is 10.2 Å². The lowest BCUT2D eigenvalue weighted by Gasteiger charge is -2.09. The molecule has 0 saturated heterocycles. The topological polar surface area (TPSA) is 60.3 Å². The Balaban J connectivity index is 1.91. The summed E-state index contributed by atoms with van der Waals surface area (Å²) in [5.74, 6) is 0.339. The first kappa shape index (κ1) is 17.4. The fourth-order valence-electron chi connectivity index (χ4n) is 2.45. The summed E-state index contributed by atoms with van der Waals surface area (Å²) in [5, 5.41) is 2.85. The summed E-state index contributed by atoms with van der Waals surface area (Å²) < 4.78 is 8.30. The van der Waals surface area contributed by atoms with Crippen LogP contribution >= 0.6 is 27.3 Å². The number of halogens is 1. The monoisotopic (exact) mass is 418 g/mol. The number of benzene rings is 2. The molecule has 1 N–H and O–H groups in total. The molecule has 0 atom stereocenters. The molecular formula is C18H15BrN2O3S. The molecule has 0 unspecified atom stereocenters. The van der Waals surface area contributed by atoms with Gasteiger partial charge in [-0.3, -0.25) is 14.2 Å². The molecule has 0 aliphatic rings. The Morgan fingerprint density at radius 2 is 2.16 bits per heavy atom. The van der Waals surface area contributed by atoms with E-state index >= 15 is 0 Å². The maximum Gasteiger partial charge on any atom is 0.308 e. The molecule has 0 spiro atoms. The molecule has 1 aromatic heterocycles. The molecule has 128 valence electrons. The molecule has 0 saturated carbocycles. The maximum absolute atomic E-state index is 12.5. The van der Waals surface area contributed by atoms with E-state index in [-0.39, 0.29) is 10.8 Å². The summed E-state index contributed by atoms with van der Waals surface area (Å²) in [6.07, 6.45) is 1.68. The van der Waals surface area contributed by atoms with E-state index in [2.05, 4.69) is 27.8 Å². The molecule has 2 aromatic carbocycles. The molecule has 1 amide bonds. The number of aromatic nitrogens is 1. The Bertz CT molecular complexity index is 1020. The number of nitrogens with one attached hydrogen (secondary N) is 1. The zero-order valence-corrected chi connectivity index (χ0v) is 15.8. The number of nitrogens with zero attached hydrogens (tertiary/aromatic N) is 1. The second-order valence-corrected chi connectivity index (χ2v) is 7.10. The van der Waals surface area contributed by atoms with Crippen molar-refractivity contribution in [2.24, 2.45) is 0 Å². The van der Waals surface area contributed by atoms with Gasteiger partial charge in [0.15, 0.2) is 0 Å². The van der Waals surface area contributed by atoms with Crippen LogP contribution in [0.3, 0.4) is 0 Å². The fraction of sp³-hybridized carbons (Fsp3) is 0.111. The molecule has 3 aromatic rings. The summed E-state index contributed by atoms with van der Waals surface area (Å²) in [5.41, 5.74) is 1.92. The summed E-state index contributed by atoms with van der Waals surface area (Å²) >= 11 is 4.52. The van der Waals surface area contributed by atoms with Crippen LogP contribution in [0, 0.1) is 0 Å². The molecule has 0 aliphatic heterocycles. The van der Waals surface area contributed by atoms with Gasteiger partial charge in [-0.05, 0) is 52.3 Å². The van der Waals surface area contributed by atoms with Gasteiger partial charge in [0.1, 0.15) is 5.75 Å². The van der Waals surface area contributed by atoms with Crippen molar-refractivity contribution in [2.75, 3.05) is 12.4 Å². The van der Waals surface area contributed by atoms with E-state index in [0.717, 1.165) is 21.6 Å². The zero-order chi connectivity index (χ0) is 18.0. The number of thiazole rings is 1. The van der Waals surface area contributed by atoms with E-state index in [1.165, 1.54) is 0 Å². The van der Waals surface area contributed by atoms with Crippen molar-refractivity contribution in [3.63, 3.8) is 0 Å². The van der Waals surface area contributed by atoms with Gasteiger partial charge in [0.2, 0.25) is 0 Å². The molecule has 0 radical (unpaired) electrons. The highest BCUT2D eigenvalue weighted by Gasteiger charge is 2.13. The summed E-state index contributed by atoms with van der Waals surface area (Å²) in [6, 6.07) is 10.6. The van der Waals surface area contributed by atoms with Crippen LogP contribution in [-0.2, 0) is 6.54 Å². The third-order valence-corrected chi connectivity index (χ3v) is 5.29. The number of carbonyl (C=O) groups excluding carboxylic acids is 1. The van der Waals surface area contributed by atoms with Crippen molar-refractivity contribution in [2.45, 2.75) is 6.54 Å². The molecule has 7 heteroatoms. The molecule has 25 heavy (non-hydrogen) atoms. The molecule has 5 nitrogen and oxygen atoms in total. The van der Waals surface area contributed by atoms with Crippen molar-refractivity contribution in [3.05, 3.63) is 68.8 Å². The Hall–Kier alpha value is -2.38. The van der Waals surface area contributed by atoms with E-state index in [1.54, 1.807) is 48.1 Å². The number of amides is 1. The molecule has 3 rings (SSSR count). The van der Waals surface area contributed by atoms with Gasteiger partial charge in [-0.15, -0.1) is 6.58 Å². The van der Waals surface area contributed by atoms with Gasteiger partial charge in [0.25, 0.3) is 5.91 Å². The smallest absolute Gasteiger partial charge is 0.308 e. The number of allylic oxidation sites excluding steroid dienone is 1. The van der Waals surface area contributed by atoms with Gasteiger partial charge in [-0.2, -0.15) is 0 Å². The highest BCUT2D eigenvalue weighted by molar-refractivity contribution is 9.10. The van der Waals surface area contributed by atoms with Gasteiger partial charge in [0, 0.05) is 16.7 Å². The normalized spacial score (nSPS) is 10.6. The third kappa shape index (κ3) is 3.52. The van der Waals surface area contributed by atoms with Gasteiger partial charge < -0.3 is 10.1 Å². The minimum atomic E-state index is -0.261. The van der Waals surface area contributed by atoms with Gasteiger partial charge in [-0.25, -0.2) is 0 Å². The second kappa shape index (κ2) is 7.25. The largest absolute Gasteiger partial charge is 0.497 e. The lowest BCUT2D eigenvalue weighted by molar-refractivity contribution is 0.102. The Morgan fingerprint density at radius 1 is 1.36 bits per heavy atom. The number of carbonyl (C=O) groups is 1. The van der Waals surface area contributed by atoms with Crippen molar-refractivity contribution in [1.82, 2.24) is 4.57 Å². The maximum atomic E-state index is 12.5. The average molecular weight is 419 g/mol. The Labute approximate surface area is 156 Å². The minimum absolute atomic E-state index is 0.0473. The Morgan fingerprint density at radius 3 is 2.88 bits per heavy atom. The number of methoxy groups -OCH3 is 1. The second-order valence-electron chi connectivity index (χ2n) is 5.25. The number of hydrogen-bond donors (Lipinski definition) is 1. The van der Waals surface area contributed by atoms with Crippen LogP contribution in [0.4, 0.5) is 5.69 Å². The highest BCUT2D eigenvalue weighted by Crippen LogP contribution is 2.25. The summed E-state index contributed by atoms with van der Waals surface area (Å²) in [4.78, 5) is 24.5. The predicted octanol–water partition coefficient (Wildman–Crippen LogP) is 4.27. The number of anilines is 1. The molecular weight excluding hydrogens is 404 g/mol. The number of ether oxygens (including phenoxy) is 1. The van der Waals surface area contributed by atoms with Crippen LogP contribution in [-0.4, -0.2) is 17.6 Å². The first-order valence-electron chi connectivity index (χ1n) is 7.42. The van der Waals surface area contributed by atoms with Gasteiger partial charge in [0.05, 0.1) is 22.9 Å². The van der Waals surface area contributed by atoms with Crippen molar-refractivity contribution in [3.8, 4) is 5.75 Å². The van der Waals surface area contributed by atoms with E-state index < -0.39 is 0 Å². The van der Waals surface area contributed by atoms with Crippen LogP contribution in [0.1, 0.15) is 10.4 Å². The lowest BCUT2D eigenvalue weighted by Crippen LogP contribution is -2.13. The summed E-state index contributed by atoms with van der Waals surface area (Å²) in [6.45, 7) is 4.13. The van der Waals surface area contributed by atoms with Crippen molar-refractivity contribution in [1.29, 1.82) is 0 Å². The SMILES string of the molecule is C=CCn1c(=O)sc2cc(NC(=O)c3cc(OC)ccc3Br)ccc21. The van der Waals surface area contributed by atoms with E-state index in [4.69, 9.17) is 4.74 Å². The standard InChI is InChI=1S/C18H15BrN2O3S/c1-3-8-21-15-7-4-11(9-16(15)25-18(21)23)20-17(22)13-10-12(24-2)5-6-14(13)19/h3-7,9-10H,1,8H2,2H3,(H,20,22).